The van der Waals surface area contributed by atoms with Crippen LogP contribution in [0.4, 0.5) is 0 Å². The summed E-state index contributed by atoms with van der Waals surface area (Å²) in [5.74, 6) is 1.95. The van der Waals surface area contributed by atoms with Crippen LogP contribution < -0.4 is 4.74 Å². The van der Waals surface area contributed by atoms with Gasteiger partial charge in [-0.2, -0.15) is 0 Å². The van der Waals surface area contributed by atoms with Gasteiger partial charge in [-0.25, -0.2) is 0 Å². The van der Waals surface area contributed by atoms with Crippen LogP contribution in [-0.2, 0) is 11.2 Å². The van der Waals surface area contributed by atoms with Gasteiger partial charge in [-0.1, -0.05) is 35.3 Å². The van der Waals surface area contributed by atoms with Crippen molar-refractivity contribution in [1.29, 1.82) is 5.41 Å². The number of hydrogen-bond acceptors (Lipinski definition) is 3. The average Bonchev–Trinajstić information content (AvgIpc) is 2.62. The Morgan fingerprint density at radius 2 is 1.92 bits per heavy atom. The average molecular weight is 374 g/mol. The van der Waals surface area contributed by atoms with Gasteiger partial charge in [0.15, 0.2) is 5.90 Å². The maximum absolute atomic E-state index is 8.18. The highest BCUT2D eigenvalue weighted by atomic mass is 35.5. The summed E-state index contributed by atoms with van der Waals surface area (Å²) >= 11 is 12.3. The second-order valence-electron chi connectivity index (χ2n) is 6.33. The van der Waals surface area contributed by atoms with Crippen LogP contribution in [0.2, 0.25) is 10.0 Å². The van der Waals surface area contributed by atoms with Crippen LogP contribution in [0.25, 0.3) is 5.76 Å². The Labute approximate surface area is 156 Å². The van der Waals surface area contributed by atoms with E-state index < -0.39 is 0 Å². The molecule has 3 nitrogen and oxygen atoms in total. The summed E-state index contributed by atoms with van der Waals surface area (Å²) in [6.45, 7) is 0. The van der Waals surface area contributed by atoms with E-state index >= 15 is 0 Å². The first-order valence-corrected chi connectivity index (χ1v) is 8.93. The van der Waals surface area contributed by atoms with Gasteiger partial charge < -0.3 is 9.47 Å². The van der Waals surface area contributed by atoms with E-state index in [0.717, 1.165) is 35.5 Å². The van der Waals surface area contributed by atoms with Crippen LogP contribution in [0.3, 0.4) is 0 Å². The highest BCUT2D eigenvalue weighted by Crippen LogP contribution is 2.46. The van der Waals surface area contributed by atoms with Gasteiger partial charge in [-0.3, -0.25) is 5.41 Å². The van der Waals surface area contributed by atoms with Gasteiger partial charge in [-0.05, 0) is 53.8 Å². The van der Waals surface area contributed by atoms with Crippen molar-refractivity contribution in [3.63, 3.8) is 0 Å². The van der Waals surface area contributed by atoms with Gasteiger partial charge in [0.05, 0.1) is 17.2 Å². The summed E-state index contributed by atoms with van der Waals surface area (Å²) in [7, 11) is 1.65. The van der Waals surface area contributed by atoms with Crippen LogP contribution in [0.1, 0.15) is 35.4 Å². The van der Waals surface area contributed by atoms with Crippen LogP contribution in [0.15, 0.2) is 42.0 Å². The molecule has 0 aromatic heterocycles. The first-order chi connectivity index (χ1) is 12.1. The third-order valence-corrected chi connectivity index (χ3v) is 5.64. The number of benzene rings is 2. The van der Waals surface area contributed by atoms with E-state index in [1.54, 1.807) is 7.11 Å². The minimum absolute atomic E-state index is 0.0883. The van der Waals surface area contributed by atoms with Crippen molar-refractivity contribution < 1.29 is 9.47 Å². The van der Waals surface area contributed by atoms with Crippen molar-refractivity contribution in [2.75, 3.05) is 7.11 Å². The van der Waals surface area contributed by atoms with Crippen LogP contribution >= 0.6 is 23.2 Å². The zero-order chi connectivity index (χ0) is 17.6. The maximum Gasteiger partial charge on any atom is 0.188 e. The number of methoxy groups -OCH3 is 1. The molecule has 1 atom stereocenters. The lowest BCUT2D eigenvalue weighted by Gasteiger charge is -2.33. The van der Waals surface area contributed by atoms with Crippen molar-refractivity contribution >= 4 is 34.9 Å². The lowest BCUT2D eigenvalue weighted by atomic mass is 9.78. The zero-order valence-corrected chi connectivity index (χ0v) is 15.2. The molecule has 2 aromatic rings. The number of fused-ring (bicyclic) bond motifs is 2. The number of ether oxygens (including phenoxy) is 2. The molecule has 0 spiro atoms. The first kappa shape index (κ1) is 16.5. The number of allylic oxidation sites excluding steroid dienone is 1. The molecule has 4 rings (SSSR count). The molecule has 1 aliphatic carbocycles. The monoisotopic (exact) mass is 373 g/mol. The molecule has 1 N–H and O–H groups in total. The fourth-order valence-electron chi connectivity index (χ4n) is 3.64. The van der Waals surface area contributed by atoms with E-state index in [9.17, 15) is 0 Å². The second-order valence-corrected chi connectivity index (χ2v) is 7.15. The van der Waals surface area contributed by atoms with E-state index in [1.165, 1.54) is 11.1 Å². The summed E-state index contributed by atoms with van der Waals surface area (Å²) in [5, 5.41) is 9.26. The largest absolute Gasteiger partial charge is 0.497 e. The van der Waals surface area contributed by atoms with Crippen LogP contribution in [0.5, 0.6) is 5.75 Å². The second kappa shape index (κ2) is 6.40. The maximum atomic E-state index is 8.18. The summed E-state index contributed by atoms with van der Waals surface area (Å²) in [4.78, 5) is 0. The van der Waals surface area contributed by atoms with Gasteiger partial charge in [0.25, 0.3) is 0 Å². The third-order valence-electron chi connectivity index (χ3n) is 4.90. The van der Waals surface area contributed by atoms with Crippen molar-refractivity contribution in [3.05, 3.63) is 68.7 Å². The molecular weight excluding hydrogens is 357 g/mol. The Morgan fingerprint density at radius 3 is 2.68 bits per heavy atom. The predicted octanol–water partition coefficient (Wildman–Crippen LogP) is 5.84. The van der Waals surface area contributed by atoms with E-state index in [1.807, 2.05) is 30.3 Å². The Hall–Kier alpha value is -1.97. The van der Waals surface area contributed by atoms with Gasteiger partial charge in [0, 0.05) is 17.9 Å². The van der Waals surface area contributed by atoms with Crippen molar-refractivity contribution in [3.8, 4) is 5.75 Å². The van der Waals surface area contributed by atoms with Crippen molar-refractivity contribution in [2.24, 2.45) is 0 Å². The zero-order valence-electron chi connectivity index (χ0n) is 13.7. The summed E-state index contributed by atoms with van der Waals surface area (Å²) in [6.07, 6.45) is 2.40. The Morgan fingerprint density at radius 1 is 1.08 bits per heavy atom. The normalized spacial score (nSPS) is 19.2. The quantitative estimate of drug-likeness (QED) is 0.718. The molecule has 0 radical (unpaired) electrons. The van der Waals surface area contributed by atoms with E-state index in [-0.39, 0.29) is 11.8 Å². The number of nitrogens with one attached hydrogen (secondary N) is 1. The Bertz CT molecular complexity index is 905. The molecule has 2 aliphatic rings. The standard InChI is InChI=1S/C20H17Cl2NO2/c1-24-13-5-2-11-3-6-14-15(12-4-7-17(21)18(22)8-12)10-19(23)25-20(14)16(11)9-13/h2,4-5,7-9,15,23H,3,6,10H2,1H3. The number of hydrogen-bond donors (Lipinski definition) is 1. The number of halogens is 2. The molecule has 0 saturated carbocycles. The topological polar surface area (TPSA) is 42.3 Å². The fourth-order valence-corrected chi connectivity index (χ4v) is 3.95. The third kappa shape index (κ3) is 2.92. The van der Waals surface area contributed by atoms with Gasteiger partial charge in [-0.15, -0.1) is 0 Å². The van der Waals surface area contributed by atoms with Gasteiger partial charge >= 0.3 is 0 Å². The van der Waals surface area contributed by atoms with Crippen molar-refractivity contribution in [2.45, 2.75) is 25.2 Å². The lowest BCUT2D eigenvalue weighted by molar-refractivity contribution is 0.411. The molecule has 1 heterocycles. The molecule has 0 bridgehead atoms. The highest BCUT2D eigenvalue weighted by Gasteiger charge is 2.33. The smallest absolute Gasteiger partial charge is 0.188 e. The summed E-state index contributed by atoms with van der Waals surface area (Å²) < 4.78 is 11.2. The van der Waals surface area contributed by atoms with Gasteiger partial charge in [0.2, 0.25) is 0 Å². The molecule has 5 heteroatoms. The van der Waals surface area contributed by atoms with Crippen molar-refractivity contribution in [1.82, 2.24) is 0 Å². The molecule has 0 amide bonds. The predicted molar refractivity (Wildman–Crippen MR) is 101 cm³/mol. The summed E-state index contributed by atoms with van der Waals surface area (Å²) in [5.41, 5.74) is 4.54. The first-order valence-electron chi connectivity index (χ1n) is 8.17. The SMILES string of the molecule is COc1ccc2c(c1)C1=C(CC2)C(c2ccc(Cl)c(Cl)c2)CC(=N)O1. The molecule has 1 aliphatic heterocycles. The highest BCUT2D eigenvalue weighted by molar-refractivity contribution is 6.42. The van der Waals surface area contributed by atoms with E-state index in [2.05, 4.69) is 6.07 Å². The Balaban J connectivity index is 1.84. The fraction of sp³-hybridized carbons (Fsp3) is 0.250. The number of aryl methyl sites for hydroxylation is 1. The molecule has 25 heavy (non-hydrogen) atoms. The molecule has 1 unspecified atom stereocenters. The van der Waals surface area contributed by atoms with E-state index in [0.29, 0.717) is 16.5 Å². The van der Waals surface area contributed by atoms with E-state index in [4.69, 9.17) is 38.1 Å². The van der Waals surface area contributed by atoms with Gasteiger partial charge in [0.1, 0.15) is 11.5 Å². The molecule has 2 aromatic carbocycles. The molecule has 128 valence electrons. The van der Waals surface area contributed by atoms with Crippen LogP contribution in [-0.4, -0.2) is 13.0 Å². The number of rotatable bonds is 2. The Kier molecular flexibility index (Phi) is 4.22. The van der Waals surface area contributed by atoms with Crippen LogP contribution in [0, 0.1) is 5.41 Å². The molecule has 0 fully saturated rings. The molecule has 0 saturated heterocycles. The molecular formula is C20H17Cl2NO2. The summed E-state index contributed by atoms with van der Waals surface area (Å²) in [6, 6.07) is 11.7. The minimum atomic E-state index is 0.0883. The minimum Gasteiger partial charge on any atom is -0.497 e. The lowest BCUT2D eigenvalue weighted by Crippen LogP contribution is -2.23.